The van der Waals surface area contributed by atoms with E-state index < -0.39 is 6.09 Å². The summed E-state index contributed by atoms with van der Waals surface area (Å²) in [5.74, 6) is 0.930. The zero-order valence-corrected chi connectivity index (χ0v) is 14.3. The normalized spacial score (nSPS) is 15.3. The Hall–Kier alpha value is -2.27. The largest absolute Gasteiger partial charge is 0.465 e. The Balaban J connectivity index is 1.71. The summed E-state index contributed by atoms with van der Waals surface area (Å²) in [6, 6.07) is 13.7. The average Bonchev–Trinajstić information content (AvgIpc) is 2.62. The molecule has 3 rings (SSSR count). The topological polar surface area (TPSA) is 56.7 Å². The molecule has 1 amide bonds. The molecule has 1 aromatic heterocycles. The molecule has 0 atom stereocenters. The van der Waals surface area contributed by atoms with Gasteiger partial charge in [0.25, 0.3) is 0 Å². The van der Waals surface area contributed by atoms with Crippen LogP contribution in [0, 0.1) is 0 Å². The van der Waals surface area contributed by atoms with Crippen LogP contribution in [0.2, 0.25) is 5.02 Å². The van der Waals surface area contributed by atoms with Crippen LogP contribution >= 0.6 is 11.6 Å². The molecule has 1 aromatic carbocycles. The third-order valence-corrected chi connectivity index (χ3v) is 4.76. The third kappa shape index (κ3) is 3.62. The van der Waals surface area contributed by atoms with Crippen molar-refractivity contribution in [1.29, 1.82) is 0 Å². The predicted octanol–water partition coefficient (Wildman–Crippen LogP) is 3.98. The molecule has 0 saturated carbocycles. The molecule has 24 heavy (non-hydrogen) atoms. The van der Waals surface area contributed by atoms with E-state index in [-0.39, 0.29) is 6.04 Å². The number of aromatic nitrogens is 1. The number of piperidine rings is 1. The molecule has 1 aliphatic rings. The molecule has 0 bridgehead atoms. The van der Waals surface area contributed by atoms with E-state index in [9.17, 15) is 4.79 Å². The molecule has 6 heteroatoms. The summed E-state index contributed by atoms with van der Waals surface area (Å²) in [6.07, 6.45) is 0.766. The maximum atomic E-state index is 11.1. The van der Waals surface area contributed by atoms with Crippen LogP contribution in [-0.2, 0) is 0 Å². The third-order valence-electron chi connectivity index (χ3n) is 4.51. The van der Waals surface area contributed by atoms with Gasteiger partial charge in [-0.25, -0.2) is 9.78 Å². The van der Waals surface area contributed by atoms with E-state index in [2.05, 4.69) is 4.90 Å². The zero-order valence-electron chi connectivity index (χ0n) is 13.5. The first-order valence-electron chi connectivity index (χ1n) is 7.98. The number of amides is 1. The minimum atomic E-state index is -0.865. The second-order valence-electron chi connectivity index (χ2n) is 6.00. The minimum Gasteiger partial charge on any atom is -0.465 e. The first-order chi connectivity index (χ1) is 11.5. The molecular weight excluding hydrogens is 326 g/mol. The molecule has 1 aliphatic heterocycles. The van der Waals surface area contributed by atoms with Crippen LogP contribution in [0.3, 0.4) is 0 Å². The van der Waals surface area contributed by atoms with Crippen LogP contribution in [0.4, 0.5) is 10.6 Å². The van der Waals surface area contributed by atoms with Crippen LogP contribution in [0.5, 0.6) is 0 Å². The number of halogens is 1. The lowest BCUT2D eigenvalue weighted by Crippen LogP contribution is -2.45. The highest BCUT2D eigenvalue weighted by atomic mass is 35.5. The first kappa shape index (κ1) is 16.6. The van der Waals surface area contributed by atoms with Crippen molar-refractivity contribution in [3.05, 3.63) is 47.5 Å². The monoisotopic (exact) mass is 345 g/mol. The van der Waals surface area contributed by atoms with Gasteiger partial charge in [-0.3, -0.25) is 0 Å². The molecule has 2 heterocycles. The fraction of sp³-hybridized carbons (Fsp3) is 0.333. The Kier molecular flexibility index (Phi) is 4.90. The lowest BCUT2D eigenvalue weighted by Gasteiger charge is -2.36. The van der Waals surface area contributed by atoms with E-state index in [0.29, 0.717) is 5.02 Å². The van der Waals surface area contributed by atoms with Gasteiger partial charge in [-0.1, -0.05) is 29.8 Å². The summed E-state index contributed by atoms with van der Waals surface area (Å²) in [5, 5.41) is 9.80. The Bertz CT molecular complexity index is 712. The van der Waals surface area contributed by atoms with Gasteiger partial charge in [-0.15, -0.1) is 0 Å². The number of rotatable bonds is 3. The Morgan fingerprint density at radius 3 is 2.50 bits per heavy atom. The summed E-state index contributed by atoms with van der Waals surface area (Å²) < 4.78 is 0. The number of anilines is 1. The summed E-state index contributed by atoms with van der Waals surface area (Å²) in [6.45, 7) is 1.61. The fourth-order valence-corrected chi connectivity index (χ4v) is 3.15. The minimum absolute atomic E-state index is 0.0817. The number of benzene rings is 1. The smallest absolute Gasteiger partial charge is 0.407 e. The van der Waals surface area contributed by atoms with Crippen LogP contribution in [0.1, 0.15) is 12.8 Å². The average molecular weight is 346 g/mol. The van der Waals surface area contributed by atoms with Gasteiger partial charge in [0.1, 0.15) is 5.82 Å². The van der Waals surface area contributed by atoms with Crippen molar-refractivity contribution in [3.8, 4) is 11.3 Å². The van der Waals surface area contributed by atoms with E-state index in [1.54, 1.807) is 7.05 Å². The maximum Gasteiger partial charge on any atom is 0.407 e. The van der Waals surface area contributed by atoms with Crippen molar-refractivity contribution < 1.29 is 9.90 Å². The van der Waals surface area contributed by atoms with Gasteiger partial charge in [-0.2, -0.15) is 0 Å². The molecule has 2 aromatic rings. The highest BCUT2D eigenvalue weighted by Crippen LogP contribution is 2.25. The van der Waals surface area contributed by atoms with Crippen LogP contribution < -0.4 is 4.90 Å². The van der Waals surface area contributed by atoms with Crippen molar-refractivity contribution in [1.82, 2.24) is 9.88 Å². The molecule has 126 valence electrons. The van der Waals surface area contributed by atoms with Crippen molar-refractivity contribution >= 4 is 23.5 Å². The van der Waals surface area contributed by atoms with Crippen LogP contribution in [0.25, 0.3) is 11.3 Å². The standard InChI is InChI=1S/C18H20ClN3O2/c1-21(18(23)24)15-9-11-22(12-10-15)17-4-2-3-16(20-17)13-5-7-14(19)8-6-13/h2-8,15H,9-12H2,1H3,(H,23,24). The highest BCUT2D eigenvalue weighted by molar-refractivity contribution is 6.30. The molecule has 0 unspecified atom stereocenters. The summed E-state index contributed by atoms with van der Waals surface area (Å²) in [5.41, 5.74) is 1.94. The Morgan fingerprint density at radius 1 is 1.21 bits per heavy atom. The van der Waals surface area contributed by atoms with Crippen molar-refractivity contribution in [3.63, 3.8) is 0 Å². The molecule has 0 aliphatic carbocycles. The van der Waals surface area contributed by atoms with Gasteiger partial charge in [-0.05, 0) is 37.1 Å². The van der Waals surface area contributed by atoms with Crippen molar-refractivity contribution in [2.45, 2.75) is 18.9 Å². The van der Waals surface area contributed by atoms with Gasteiger partial charge < -0.3 is 14.9 Å². The summed E-state index contributed by atoms with van der Waals surface area (Å²) in [7, 11) is 1.64. The van der Waals surface area contributed by atoms with E-state index in [1.807, 2.05) is 42.5 Å². The Morgan fingerprint density at radius 2 is 1.88 bits per heavy atom. The van der Waals surface area contributed by atoms with Crippen molar-refractivity contribution in [2.24, 2.45) is 0 Å². The van der Waals surface area contributed by atoms with Crippen molar-refractivity contribution in [2.75, 3.05) is 25.0 Å². The first-order valence-corrected chi connectivity index (χ1v) is 8.36. The number of nitrogens with zero attached hydrogens (tertiary/aromatic N) is 3. The van der Waals surface area contributed by atoms with E-state index in [4.69, 9.17) is 21.7 Å². The number of carbonyl (C=O) groups is 1. The highest BCUT2D eigenvalue weighted by Gasteiger charge is 2.25. The van der Waals surface area contributed by atoms with Crippen LogP contribution in [0.15, 0.2) is 42.5 Å². The molecule has 0 radical (unpaired) electrons. The van der Waals surface area contributed by atoms with Gasteiger partial charge >= 0.3 is 6.09 Å². The molecule has 1 fully saturated rings. The lowest BCUT2D eigenvalue weighted by atomic mass is 10.0. The molecule has 5 nitrogen and oxygen atoms in total. The second-order valence-corrected chi connectivity index (χ2v) is 6.44. The molecule has 1 saturated heterocycles. The van der Waals surface area contributed by atoms with Gasteiger partial charge in [0, 0.05) is 36.8 Å². The second kappa shape index (κ2) is 7.09. The molecule has 1 N–H and O–H groups in total. The molecular formula is C18H20ClN3O2. The van der Waals surface area contributed by atoms with Crippen LogP contribution in [-0.4, -0.2) is 47.3 Å². The lowest BCUT2D eigenvalue weighted by molar-refractivity contribution is 0.131. The zero-order chi connectivity index (χ0) is 17.1. The number of pyridine rings is 1. The predicted molar refractivity (Wildman–Crippen MR) is 95.7 cm³/mol. The van der Waals surface area contributed by atoms with Gasteiger partial charge in [0.2, 0.25) is 0 Å². The van der Waals surface area contributed by atoms with Gasteiger partial charge in [0.15, 0.2) is 0 Å². The SMILES string of the molecule is CN(C(=O)O)C1CCN(c2cccc(-c3ccc(Cl)cc3)n2)CC1. The summed E-state index contributed by atoms with van der Waals surface area (Å²) >= 11 is 5.94. The van der Waals surface area contributed by atoms with E-state index in [1.165, 1.54) is 4.90 Å². The summed E-state index contributed by atoms with van der Waals surface area (Å²) in [4.78, 5) is 19.4. The van der Waals surface area contributed by atoms with Gasteiger partial charge in [0.05, 0.1) is 5.69 Å². The maximum absolute atomic E-state index is 11.1. The molecule has 0 spiro atoms. The number of hydrogen-bond donors (Lipinski definition) is 1. The Labute approximate surface area is 146 Å². The number of carboxylic acid groups (broad SMARTS) is 1. The quantitative estimate of drug-likeness (QED) is 0.914. The van der Waals surface area contributed by atoms with E-state index in [0.717, 1.165) is 43.0 Å². The fourth-order valence-electron chi connectivity index (χ4n) is 3.02. The number of hydrogen-bond acceptors (Lipinski definition) is 3. The van der Waals surface area contributed by atoms with E-state index >= 15 is 0 Å².